The molecule has 1 aromatic carbocycles. The standard InChI is InChI=1S/C15H15ClN4S/c1-9-2-3-12-11(4-9)15(7-18-12)8-19-13(20-15)5-10-6-17-14(16)21-10/h2-4,6-7,13,19-20H,5,8H2,1H3/t13-,15?/m1/s1. The number of thiazole rings is 1. The minimum Gasteiger partial charge on any atom is -0.299 e. The maximum atomic E-state index is 5.90. The van der Waals surface area contributed by atoms with Gasteiger partial charge in [0.1, 0.15) is 0 Å². The van der Waals surface area contributed by atoms with Crippen LogP contribution in [0.5, 0.6) is 0 Å². The summed E-state index contributed by atoms with van der Waals surface area (Å²) in [7, 11) is 0. The lowest BCUT2D eigenvalue weighted by Gasteiger charge is -2.22. The van der Waals surface area contributed by atoms with Crippen LogP contribution >= 0.6 is 22.9 Å². The van der Waals surface area contributed by atoms with E-state index in [1.807, 2.05) is 12.4 Å². The van der Waals surface area contributed by atoms with E-state index in [1.165, 1.54) is 27.3 Å². The smallest absolute Gasteiger partial charge is 0.183 e. The average molecular weight is 319 g/mol. The first-order chi connectivity index (χ1) is 10.1. The van der Waals surface area contributed by atoms with Crippen LogP contribution in [0.2, 0.25) is 4.47 Å². The van der Waals surface area contributed by atoms with Crippen molar-refractivity contribution in [1.82, 2.24) is 15.6 Å². The molecule has 0 radical (unpaired) electrons. The van der Waals surface area contributed by atoms with E-state index in [2.05, 4.69) is 45.7 Å². The van der Waals surface area contributed by atoms with Crippen molar-refractivity contribution >= 4 is 34.8 Å². The van der Waals surface area contributed by atoms with Gasteiger partial charge in [-0.05, 0) is 13.0 Å². The van der Waals surface area contributed by atoms with E-state index >= 15 is 0 Å². The third kappa shape index (κ3) is 2.30. The average Bonchev–Trinajstić information content (AvgIpc) is 3.14. The largest absolute Gasteiger partial charge is 0.299 e. The van der Waals surface area contributed by atoms with E-state index in [1.54, 1.807) is 0 Å². The van der Waals surface area contributed by atoms with Gasteiger partial charge in [0.05, 0.1) is 17.4 Å². The molecule has 1 spiro atoms. The molecule has 21 heavy (non-hydrogen) atoms. The van der Waals surface area contributed by atoms with Gasteiger partial charge in [-0.3, -0.25) is 15.6 Å². The molecule has 0 bridgehead atoms. The fraction of sp³-hybridized carbons (Fsp3) is 0.333. The van der Waals surface area contributed by atoms with Crippen molar-refractivity contribution < 1.29 is 0 Å². The monoisotopic (exact) mass is 318 g/mol. The number of aliphatic imine (C=N–C) groups is 1. The summed E-state index contributed by atoms with van der Waals surface area (Å²) in [5.74, 6) is 0. The number of hydrogen-bond acceptors (Lipinski definition) is 5. The Morgan fingerprint density at radius 2 is 2.38 bits per heavy atom. The highest BCUT2D eigenvalue weighted by Gasteiger charge is 2.42. The number of nitrogens with one attached hydrogen (secondary N) is 2. The van der Waals surface area contributed by atoms with Crippen LogP contribution in [0.3, 0.4) is 0 Å². The lowest BCUT2D eigenvalue weighted by atomic mass is 9.92. The molecule has 2 aliphatic heterocycles. The first-order valence-electron chi connectivity index (χ1n) is 6.92. The molecule has 0 saturated carbocycles. The molecular weight excluding hydrogens is 304 g/mol. The van der Waals surface area contributed by atoms with Crippen LogP contribution < -0.4 is 10.6 Å². The Balaban J connectivity index is 1.57. The second-order valence-electron chi connectivity index (χ2n) is 5.61. The van der Waals surface area contributed by atoms with Crippen molar-refractivity contribution in [1.29, 1.82) is 0 Å². The molecular formula is C15H15ClN4S. The second-order valence-corrected chi connectivity index (χ2v) is 7.31. The summed E-state index contributed by atoms with van der Waals surface area (Å²) in [6.45, 7) is 2.97. The molecule has 108 valence electrons. The van der Waals surface area contributed by atoms with Crippen molar-refractivity contribution in [3.05, 3.63) is 44.9 Å². The Labute approximate surface area is 132 Å². The summed E-state index contributed by atoms with van der Waals surface area (Å²) in [4.78, 5) is 9.84. The number of nitrogens with zero attached hydrogens (tertiary/aromatic N) is 2. The summed E-state index contributed by atoms with van der Waals surface area (Å²) in [6.07, 6.45) is 4.96. The highest BCUT2D eigenvalue weighted by Crippen LogP contribution is 2.37. The highest BCUT2D eigenvalue weighted by molar-refractivity contribution is 7.15. The molecule has 2 N–H and O–H groups in total. The molecule has 3 heterocycles. The van der Waals surface area contributed by atoms with Crippen molar-refractivity contribution in [2.75, 3.05) is 6.54 Å². The Morgan fingerprint density at radius 1 is 1.48 bits per heavy atom. The maximum absolute atomic E-state index is 5.90. The molecule has 0 aliphatic carbocycles. The lowest BCUT2D eigenvalue weighted by molar-refractivity contribution is 0.496. The van der Waals surface area contributed by atoms with Crippen LogP contribution in [0.15, 0.2) is 29.4 Å². The summed E-state index contributed by atoms with van der Waals surface area (Å²) in [5.41, 5.74) is 3.41. The van der Waals surface area contributed by atoms with Gasteiger partial charge < -0.3 is 0 Å². The third-order valence-corrected chi connectivity index (χ3v) is 5.18. The predicted octanol–water partition coefficient (Wildman–Crippen LogP) is 2.78. The zero-order valence-electron chi connectivity index (χ0n) is 11.6. The van der Waals surface area contributed by atoms with E-state index in [0.717, 1.165) is 18.7 Å². The Bertz CT molecular complexity index is 726. The molecule has 2 aliphatic rings. The van der Waals surface area contributed by atoms with Crippen molar-refractivity contribution in [3.63, 3.8) is 0 Å². The summed E-state index contributed by atoms with van der Waals surface area (Å²) in [5, 5.41) is 7.22. The molecule has 2 atom stereocenters. The number of benzene rings is 1. The zero-order chi connectivity index (χ0) is 14.4. The summed E-state index contributed by atoms with van der Waals surface area (Å²) < 4.78 is 0.598. The van der Waals surface area contributed by atoms with Crippen molar-refractivity contribution in [2.24, 2.45) is 4.99 Å². The molecule has 1 saturated heterocycles. The number of aromatic nitrogens is 1. The molecule has 4 rings (SSSR count). The quantitative estimate of drug-likeness (QED) is 0.895. The predicted molar refractivity (Wildman–Crippen MR) is 86.8 cm³/mol. The van der Waals surface area contributed by atoms with Crippen molar-refractivity contribution in [3.8, 4) is 0 Å². The van der Waals surface area contributed by atoms with Gasteiger partial charge in [0.15, 0.2) is 4.47 Å². The van der Waals surface area contributed by atoms with Gasteiger partial charge in [0, 0.05) is 35.8 Å². The number of halogens is 1. The van der Waals surface area contributed by atoms with E-state index in [0.29, 0.717) is 4.47 Å². The zero-order valence-corrected chi connectivity index (χ0v) is 13.1. The molecule has 1 fully saturated rings. The van der Waals surface area contributed by atoms with E-state index in [-0.39, 0.29) is 11.7 Å². The molecule has 6 heteroatoms. The fourth-order valence-corrected chi connectivity index (χ4v) is 4.05. The highest BCUT2D eigenvalue weighted by atomic mass is 35.5. The minimum atomic E-state index is -0.180. The van der Waals surface area contributed by atoms with Gasteiger partial charge in [-0.25, -0.2) is 4.98 Å². The molecule has 1 unspecified atom stereocenters. The normalized spacial score (nSPS) is 26.7. The lowest BCUT2D eigenvalue weighted by Crippen LogP contribution is -2.43. The SMILES string of the molecule is Cc1ccc2c(c1)C1(C=N2)CN[C@@H](Cc2cnc(Cl)s2)N1. The summed E-state index contributed by atoms with van der Waals surface area (Å²) in [6, 6.07) is 6.42. The van der Waals surface area contributed by atoms with Crippen LogP contribution in [0, 0.1) is 6.92 Å². The topological polar surface area (TPSA) is 49.3 Å². The van der Waals surface area contributed by atoms with Gasteiger partial charge in [-0.1, -0.05) is 29.3 Å². The summed E-state index contributed by atoms with van der Waals surface area (Å²) >= 11 is 7.43. The van der Waals surface area contributed by atoms with E-state index in [9.17, 15) is 0 Å². The van der Waals surface area contributed by atoms with Crippen LogP contribution in [0.1, 0.15) is 16.0 Å². The third-order valence-electron chi connectivity index (χ3n) is 4.05. The van der Waals surface area contributed by atoms with Gasteiger partial charge in [0.2, 0.25) is 0 Å². The molecule has 4 nitrogen and oxygen atoms in total. The van der Waals surface area contributed by atoms with Crippen molar-refractivity contribution in [2.45, 2.75) is 25.0 Å². The van der Waals surface area contributed by atoms with Gasteiger partial charge in [0.25, 0.3) is 0 Å². The number of fused-ring (bicyclic) bond motifs is 2. The van der Waals surface area contributed by atoms with Crippen LogP contribution in [0.4, 0.5) is 5.69 Å². The maximum Gasteiger partial charge on any atom is 0.183 e. The second kappa shape index (κ2) is 4.88. The molecule has 0 amide bonds. The molecule has 2 aromatic rings. The van der Waals surface area contributed by atoms with Crippen LogP contribution in [-0.2, 0) is 12.0 Å². The van der Waals surface area contributed by atoms with E-state index in [4.69, 9.17) is 11.6 Å². The molecule has 1 aromatic heterocycles. The Hall–Kier alpha value is -1.27. The minimum absolute atomic E-state index is 0.180. The Kier molecular flexibility index (Phi) is 3.11. The number of rotatable bonds is 2. The number of aryl methyl sites for hydroxylation is 1. The number of hydrogen-bond donors (Lipinski definition) is 2. The van der Waals surface area contributed by atoms with Gasteiger partial charge in [-0.15, -0.1) is 11.3 Å². The van der Waals surface area contributed by atoms with E-state index < -0.39 is 0 Å². The first-order valence-corrected chi connectivity index (χ1v) is 8.12. The first kappa shape index (κ1) is 13.4. The van der Waals surface area contributed by atoms with Crippen LogP contribution in [0.25, 0.3) is 0 Å². The Morgan fingerprint density at radius 3 is 3.19 bits per heavy atom. The fourth-order valence-electron chi connectivity index (χ4n) is 3.02. The van der Waals surface area contributed by atoms with Crippen LogP contribution in [-0.4, -0.2) is 23.9 Å². The van der Waals surface area contributed by atoms with Gasteiger partial charge in [-0.2, -0.15) is 0 Å². The van der Waals surface area contributed by atoms with Gasteiger partial charge >= 0.3 is 0 Å².